The van der Waals surface area contributed by atoms with Crippen molar-refractivity contribution in [2.45, 2.75) is 52.1 Å². The number of hydrogen-bond acceptors (Lipinski definition) is 3. The lowest BCUT2D eigenvalue weighted by atomic mass is 9.44. The van der Waals surface area contributed by atoms with Gasteiger partial charge in [-0.15, -0.1) is 0 Å². The average molecular weight is 302 g/mol. The molecular weight excluding hydrogens is 276 g/mol. The van der Waals surface area contributed by atoms with Gasteiger partial charge in [0.25, 0.3) is 0 Å². The van der Waals surface area contributed by atoms with Gasteiger partial charge in [0.15, 0.2) is 0 Å². The molecule has 0 heterocycles. The smallest absolute Gasteiger partial charge is 0.297 e. The fraction of sp³-hybridized carbons (Fsp3) is 0.947. The van der Waals surface area contributed by atoms with Crippen LogP contribution < -0.4 is 0 Å². The topological polar surface area (TPSA) is 35.5 Å². The molecule has 0 spiro atoms. The van der Waals surface area contributed by atoms with Crippen molar-refractivity contribution in [3.8, 4) is 0 Å². The quantitative estimate of drug-likeness (QED) is 0.579. The number of fused-ring (bicyclic) bond motifs is 2. The van der Waals surface area contributed by atoms with Crippen molar-refractivity contribution in [2.24, 2.45) is 58.7 Å². The van der Waals surface area contributed by atoms with E-state index in [2.05, 4.69) is 0 Å². The highest BCUT2D eigenvalue weighted by molar-refractivity contribution is 5.80. The minimum Gasteiger partial charge on any atom is -0.297 e. The van der Waals surface area contributed by atoms with Crippen molar-refractivity contribution >= 4 is 5.97 Å². The van der Waals surface area contributed by atoms with Crippen LogP contribution in [0.5, 0.6) is 0 Å². The third kappa shape index (κ3) is 1.07. The lowest BCUT2D eigenvalue weighted by molar-refractivity contribution is -0.334. The first-order valence-electron chi connectivity index (χ1n) is 9.35. The maximum absolute atomic E-state index is 13.1. The molecule has 120 valence electrons. The highest BCUT2D eigenvalue weighted by Gasteiger charge is 2.88. The molecule has 0 aromatic heterocycles. The number of carbonyl (C=O) groups excluding carboxylic acids is 1. The van der Waals surface area contributed by atoms with E-state index in [-0.39, 0.29) is 11.4 Å². The van der Waals surface area contributed by atoms with Gasteiger partial charge in [0, 0.05) is 0 Å². The predicted molar refractivity (Wildman–Crippen MR) is 79.2 cm³/mol. The van der Waals surface area contributed by atoms with Crippen molar-refractivity contribution < 1.29 is 14.6 Å². The molecule has 10 bridgehead atoms. The van der Waals surface area contributed by atoms with Gasteiger partial charge in [-0.3, -0.25) is 4.89 Å². The second-order valence-corrected chi connectivity index (χ2v) is 10.1. The Hall–Kier alpha value is -0.570. The van der Waals surface area contributed by atoms with Crippen LogP contribution in [0.2, 0.25) is 0 Å². The Bertz CT molecular complexity index is 567. The molecule has 0 N–H and O–H groups in total. The van der Waals surface area contributed by atoms with E-state index >= 15 is 0 Å². The second kappa shape index (κ2) is 3.43. The summed E-state index contributed by atoms with van der Waals surface area (Å²) in [5.74, 6) is 7.67. The summed E-state index contributed by atoms with van der Waals surface area (Å²) < 4.78 is 0. The van der Waals surface area contributed by atoms with Gasteiger partial charge in [0.1, 0.15) is 5.60 Å². The highest BCUT2D eigenvalue weighted by Crippen LogP contribution is 2.89. The molecule has 9 saturated carbocycles. The van der Waals surface area contributed by atoms with Crippen LogP contribution in [0.15, 0.2) is 0 Å². The molecule has 0 saturated heterocycles. The third-order valence-electron chi connectivity index (χ3n) is 8.73. The fourth-order valence-electron chi connectivity index (χ4n) is 8.92. The van der Waals surface area contributed by atoms with Crippen LogP contribution in [-0.4, -0.2) is 11.6 Å². The van der Waals surface area contributed by atoms with Crippen molar-refractivity contribution in [3.63, 3.8) is 0 Å². The summed E-state index contributed by atoms with van der Waals surface area (Å²) in [5, 5.41) is 0. The molecule has 0 aliphatic heterocycles. The fourth-order valence-corrected chi connectivity index (χ4v) is 8.92. The van der Waals surface area contributed by atoms with Crippen LogP contribution in [0.1, 0.15) is 46.5 Å². The minimum absolute atomic E-state index is 0.000856. The van der Waals surface area contributed by atoms with Gasteiger partial charge in [-0.2, -0.15) is 4.89 Å². The Balaban J connectivity index is 1.40. The number of hydrogen-bond donors (Lipinski definition) is 0. The lowest BCUT2D eigenvalue weighted by Crippen LogP contribution is -2.60. The molecule has 3 nitrogen and oxygen atoms in total. The van der Waals surface area contributed by atoms with Gasteiger partial charge < -0.3 is 0 Å². The first-order chi connectivity index (χ1) is 10.5. The van der Waals surface area contributed by atoms with Crippen LogP contribution in [0.25, 0.3) is 0 Å². The summed E-state index contributed by atoms with van der Waals surface area (Å²) in [6, 6.07) is 0. The summed E-state index contributed by atoms with van der Waals surface area (Å²) in [6.45, 7) is 5.84. The van der Waals surface area contributed by atoms with Crippen LogP contribution in [0, 0.1) is 58.7 Å². The van der Waals surface area contributed by atoms with E-state index in [1.807, 2.05) is 20.8 Å². The molecule has 0 aromatic carbocycles. The summed E-state index contributed by atoms with van der Waals surface area (Å²) in [4.78, 5) is 24.0. The summed E-state index contributed by atoms with van der Waals surface area (Å²) >= 11 is 0. The number of rotatable bonds is 2. The van der Waals surface area contributed by atoms with E-state index in [0.29, 0.717) is 11.8 Å². The normalized spacial score (nSPS) is 61.7. The van der Waals surface area contributed by atoms with Crippen LogP contribution in [0.3, 0.4) is 0 Å². The van der Waals surface area contributed by atoms with Gasteiger partial charge in [0.2, 0.25) is 0 Å². The van der Waals surface area contributed by atoms with Gasteiger partial charge >= 0.3 is 5.97 Å². The van der Waals surface area contributed by atoms with Crippen molar-refractivity contribution in [2.75, 3.05) is 0 Å². The monoisotopic (exact) mass is 302 g/mol. The van der Waals surface area contributed by atoms with E-state index in [4.69, 9.17) is 9.78 Å². The zero-order valence-electron chi connectivity index (χ0n) is 13.7. The minimum atomic E-state index is -0.415. The summed E-state index contributed by atoms with van der Waals surface area (Å²) in [5.41, 5.74) is -0.572. The van der Waals surface area contributed by atoms with E-state index in [0.717, 1.165) is 47.8 Å². The molecule has 0 aromatic rings. The maximum Gasteiger partial charge on any atom is 0.349 e. The van der Waals surface area contributed by atoms with Crippen LogP contribution in [0.4, 0.5) is 0 Å². The summed E-state index contributed by atoms with van der Waals surface area (Å²) in [7, 11) is 0. The molecule has 10 atom stereocenters. The van der Waals surface area contributed by atoms with E-state index in [1.165, 1.54) is 19.3 Å². The van der Waals surface area contributed by atoms with E-state index in [9.17, 15) is 4.79 Å². The van der Waals surface area contributed by atoms with E-state index < -0.39 is 5.60 Å². The van der Waals surface area contributed by atoms with Crippen molar-refractivity contribution in [1.82, 2.24) is 0 Å². The zero-order valence-corrected chi connectivity index (χ0v) is 13.7. The van der Waals surface area contributed by atoms with Crippen LogP contribution in [-0.2, 0) is 14.6 Å². The Morgan fingerprint density at radius 3 is 2.36 bits per heavy atom. The molecule has 9 rings (SSSR count). The van der Waals surface area contributed by atoms with Gasteiger partial charge in [-0.1, -0.05) is 0 Å². The maximum atomic E-state index is 13.1. The Labute approximate surface area is 132 Å². The van der Waals surface area contributed by atoms with Crippen molar-refractivity contribution in [1.29, 1.82) is 0 Å². The molecular formula is C19H26O3. The average Bonchev–Trinajstić information content (AvgIpc) is 2.80. The Morgan fingerprint density at radius 2 is 1.59 bits per heavy atom. The van der Waals surface area contributed by atoms with Crippen LogP contribution >= 0.6 is 0 Å². The Kier molecular flexibility index (Phi) is 2.00. The molecule has 3 heteroatoms. The molecule has 9 fully saturated rings. The van der Waals surface area contributed by atoms with Gasteiger partial charge in [-0.05, 0) is 99.7 Å². The number of carbonyl (C=O) groups is 1. The third-order valence-corrected chi connectivity index (χ3v) is 8.73. The first kappa shape index (κ1) is 12.8. The molecule has 22 heavy (non-hydrogen) atoms. The largest absolute Gasteiger partial charge is 0.349 e. The molecule has 9 aliphatic carbocycles. The summed E-state index contributed by atoms with van der Waals surface area (Å²) in [6.07, 6.45) is 5.20. The molecule has 2 unspecified atom stereocenters. The zero-order chi connectivity index (χ0) is 15.0. The molecule has 0 radical (unpaired) electrons. The van der Waals surface area contributed by atoms with Crippen molar-refractivity contribution in [3.05, 3.63) is 0 Å². The second-order valence-electron chi connectivity index (χ2n) is 10.1. The van der Waals surface area contributed by atoms with Gasteiger partial charge in [0.05, 0.1) is 5.41 Å². The molecule has 0 amide bonds. The van der Waals surface area contributed by atoms with Gasteiger partial charge in [-0.25, -0.2) is 4.79 Å². The molecule has 9 aliphatic rings. The Morgan fingerprint density at radius 1 is 0.909 bits per heavy atom. The SMILES string of the molecule is CC(C)(C)OOC(=O)[C@]12CC[C@@H]3C4C1[C@H]1[C@H]5CC[C@@H]([C@H]41)[C@@H]3[C@H]52. The lowest BCUT2D eigenvalue weighted by Gasteiger charge is -2.59. The predicted octanol–water partition coefficient (Wildman–Crippen LogP) is 3.43. The first-order valence-corrected chi connectivity index (χ1v) is 9.35. The van der Waals surface area contributed by atoms with E-state index in [1.54, 1.807) is 0 Å². The standard InChI is InChI=1S/C19H26O3/c1-18(2,3)22-21-17(20)19-7-6-9-11-8-4-5-10(15(11)19)14-12(8)13(9)16(14)19/h8-16H,4-7H2,1-3H3/t8-,9+,10-,11+,12-,13?,14+,15+,16?,19+/m1/s1. The highest BCUT2D eigenvalue weighted by atomic mass is 17.2.